The van der Waals surface area contributed by atoms with Crippen molar-refractivity contribution < 1.29 is 8.78 Å². The fourth-order valence-electron chi connectivity index (χ4n) is 1.82. The summed E-state index contributed by atoms with van der Waals surface area (Å²) in [6.07, 6.45) is -0.792. The molecule has 3 nitrogen and oxygen atoms in total. The quantitative estimate of drug-likeness (QED) is 0.834. The summed E-state index contributed by atoms with van der Waals surface area (Å²) >= 11 is 0. The van der Waals surface area contributed by atoms with Gasteiger partial charge in [-0.2, -0.15) is 0 Å². The van der Waals surface area contributed by atoms with Gasteiger partial charge in [0.25, 0.3) is 6.43 Å². The summed E-state index contributed by atoms with van der Waals surface area (Å²) in [5.41, 5.74) is 7.70. The average molecular weight is 237 g/mol. The molecular formula is C12H13F2N3. The molecule has 5 heteroatoms. The van der Waals surface area contributed by atoms with Crippen LogP contribution in [0.2, 0.25) is 0 Å². The van der Waals surface area contributed by atoms with E-state index >= 15 is 0 Å². The van der Waals surface area contributed by atoms with E-state index in [1.165, 1.54) is 4.90 Å². The van der Waals surface area contributed by atoms with Crippen LogP contribution >= 0.6 is 0 Å². The number of hydrogen-bond donors (Lipinski definition) is 1. The number of rotatable bonds is 3. The second-order valence-corrected chi connectivity index (χ2v) is 3.85. The Hall–Kier alpha value is -1.91. The zero-order chi connectivity index (χ0) is 12.4. The molecule has 2 aromatic rings. The number of nitrogens with zero attached hydrogens (tertiary/aromatic N) is 2. The van der Waals surface area contributed by atoms with E-state index in [1.807, 2.05) is 6.07 Å². The van der Waals surface area contributed by atoms with Crippen molar-refractivity contribution in [1.29, 1.82) is 0 Å². The molecule has 0 saturated heterocycles. The predicted octanol–water partition coefficient (Wildman–Crippen LogP) is 2.52. The van der Waals surface area contributed by atoms with Gasteiger partial charge < -0.3 is 10.6 Å². The number of para-hydroxylation sites is 1. The van der Waals surface area contributed by atoms with Gasteiger partial charge in [-0.1, -0.05) is 12.1 Å². The molecule has 0 atom stereocenters. The first-order valence-electron chi connectivity index (χ1n) is 5.22. The minimum Gasteiger partial charge on any atom is -0.397 e. The summed E-state index contributed by atoms with van der Waals surface area (Å²) in [6, 6.07) is 7.07. The van der Waals surface area contributed by atoms with Crippen LogP contribution in [0.3, 0.4) is 0 Å². The molecule has 0 aliphatic rings. The number of fused-ring (bicyclic) bond motifs is 1. The molecule has 0 spiro atoms. The fourth-order valence-corrected chi connectivity index (χ4v) is 1.82. The SMILES string of the molecule is CN(CC(F)F)c1ccnc2c(N)cccc12. The zero-order valence-electron chi connectivity index (χ0n) is 9.40. The summed E-state index contributed by atoms with van der Waals surface area (Å²) in [4.78, 5) is 5.67. The number of nitrogen functional groups attached to an aromatic ring is 1. The summed E-state index contributed by atoms with van der Waals surface area (Å²) < 4.78 is 24.7. The van der Waals surface area contributed by atoms with Gasteiger partial charge in [-0.05, 0) is 12.1 Å². The van der Waals surface area contributed by atoms with E-state index in [9.17, 15) is 8.78 Å². The summed E-state index contributed by atoms with van der Waals surface area (Å²) in [5, 5.41) is 0.788. The molecule has 0 aliphatic carbocycles. The van der Waals surface area contributed by atoms with Crippen molar-refractivity contribution in [2.24, 2.45) is 0 Å². The lowest BCUT2D eigenvalue weighted by molar-refractivity contribution is 0.156. The van der Waals surface area contributed by atoms with Crippen LogP contribution in [0.1, 0.15) is 0 Å². The molecule has 90 valence electrons. The van der Waals surface area contributed by atoms with Crippen molar-refractivity contribution in [3.63, 3.8) is 0 Å². The standard InChI is InChI=1S/C12H13F2N3/c1-17(7-11(13)14)10-5-6-16-12-8(10)3-2-4-9(12)15/h2-6,11H,7,15H2,1H3. The highest BCUT2D eigenvalue weighted by molar-refractivity contribution is 5.97. The predicted molar refractivity (Wildman–Crippen MR) is 65.4 cm³/mol. The van der Waals surface area contributed by atoms with E-state index in [0.717, 1.165) is 5.39 Å². The van der Waals surface area contributed by atoms with Crippen LogP contribution < -0.4 is 10.6 Å². The minimum atomic E-state index is -2.37. The number of halogens is 2. The molecule has 1 aromatic heterocycles. The number of aromatic nitrogens is 1. The van der Waals surface area contributed by atoms with Crippen LogP contribution in [0.25, 0.3) is 10.9 Å². The normalized spacial score (nSPS) is 11.1. The lowest BCUT2D eigenvalue weighted by Gasteiger charge is -2.20. The Kier molecular flexibility index (Phi) is 3.08. The highest BCUT2D eigenvalue weighted by atomic mass is 19.3. The van der Waals surface area contributed by atoms with Crippen LogP contribution in [0, 0.1) is 0 Å². The maximum absolute atomic E-state index is 12.4. The second-order valence-electron chi connectivity index (χ2n) is 3.85. The van der Waals surface area contributed by atoms with E-state index in [0.29, 0.717) is 16.9 Å². The van der Waals surface area contributed by atoms with E-state index in [2.05, 4.69) is 4.98 Å². The number of alkyl halides is 2. The third kappa shape index (κ3) is 2.27. The highest BCUT2D eigenvalue weighted by Gasteiger charge is 2.12. The highest BCUT2D eigenvalue weighted by Crippen LogP contribution is 2.27. The topological polar surface area (TPSA) is 42.2 Å². The van der Waals surface area contributed by atoms with Crippen molar-refractivity contribution in [2.75, 3.05) is 24.2 Å². The number of benzene rings is 1. The summed E-state index contributed by atoms with van der Waals surface area (Å²) in [5.74, 6) is 0. The molecule has 1 aromatic carbocycles. The Morgan fingerprint density at radius 1 is 1.35 bits per heavy atom. The number of nitrogens with two attached hydrogens (primary N) is 1. The molecule has 1 heterocycles. The zero-order valence-corrected chi connectivity index (χ0v) is 9.40. The summed E-state index contributed by atoms with van der Waals surface area (Å²) in [6.45, 7) is -0.312. The smallest absolute Gasteiger partial charge is 0.255 e. The van der Waals surface area contributed by atoms with Crippen LogP contribution in [0.4, 0.5) is 20.2 Å². The Morgan fingerprint density at radius 2 is 2.12 bits per heavy atom. The Morgan fingerprint density at radius 3 is 2.82 bits per heavy atom. The molecule has 2 N–H and O–H groups in total. The van der Waals surface area contributed by atoms with Crippen LogP contribution in [0.5, 0.6) is 0 Å². The number of anilines is 2. The third-order valence-corrected chi connectivity index (χ3v) is 2.60. The van der Waals surface area contributed by atoms with Crippen molar-refractivity contribution >= 4 is 22.3 Å². The van der Waals surface area contributed by atoms with Gasteiger partial charge in [-0.3, -0.25) is 4.98 Å². The van der Waals surface area contributed by atoms with Crippen molar-refractivity contribution in [1.82, 2.24) is 4.98 Å². The Balaban J connectivity index is 2.51. The second kappa shape index (κ2) is 4.53. The molecule has 0 aliphatic heterocycles. The maximum Gasteiger partial charge on any atom is 0.255 e. The molecule has 0 saturated carbocycles. The first-order valence-corrected chi connectivity index (χ1v) is 5.22. The molecule has 0 amide bonds. The molecule has 2 rings (SSSR count). The minimum absolute atomic E-state index is 0.312. The van der Waals surface area contributed by atoms with Crippen molar-refractivity contribution in [3.8, 4) is 0 Å². The number of pyridine rings is 1. The van der Waals surface area contributed by atoms with Crippen molar-refractivity contribution in [3.05, 3.63) is 30.5 Å². The molecule has 0 radical (unpaired) electrons. The lowest BCUT2D eigenvalue weighted by atomic mass is 10.1. The molecule has 17 heavy (non-hydrogen) atoms. The van der Waals surface area contributed by atoms with E-state index in [-0.39, 0.29) is 6.54 Å². The van der Waals surface area contributed by atoms with Crippen LogP contribution in [-0.4, -0.2) is 25.0 Å². The van der Waals surface area contributed by atoms with E-state index in [4.69, 9.17) is 5.73 Å². The van der Waals surface area contributed by atoms with Gasteiger partial charge in [-0.25, -0.2) is 8.78 Å². The van der Waals surface area contributed by atoms with E-state index < -0.39 is 6.43 Å². The molecular weight excluding hydrogens is 224 g/mol. The molecule has 0 fully saturated rings. The van der Waals surface area contributed by atoms with Crippen LogP contribution in [0.15, 0.2) is 30.5 Å². The fraction of sp³-hybridized carbons (Fsp3) is 0.250. The third-order valence-electron chi connectivity index (χ3n) is 2.60. The number of hydrogen-bond acceptors (Lipinski definition) is 3. The maximum atomic E-state index is 12.4. The lowest BCUT2D eigenvalue weighted by Crippen LogP contribution is -2.24. The average Bonchev–Trinajstić information content (AvgIpc) is 2.28. The van der Waals surface area contributed by atoms with Gasteiger partial charge >= 0.3 is 0 Å². The van der Waals surface area contributed by atoms with Gasteiger partial charge in [0.1, 0.15) is 0 Å². The van der Waals surface area contributed by atoms with Gasteiger partial charge in [0.05, 0.1) is 17.7 Å². The Labute approximate surface area is 97.9 Å². The largest absolute Gasteiger partial charge is 0.397 e. The first kappa shape index (κ1) is 11.6. The Bertz CT molecular complexity index is 528. The van der Waals surface area contributed by atoms with Crippen LogP contribution in [-0.2, 0) is 0 Å². The van der Waals surface area contributed by atoms with Gasteiger partial charge in [-0.15, -0.1) is 0 Å². The summed E-state index contributed by atoms with van der Waals surface area (Å²) in [7, 11) is 1.63. The molecule has 0 bridgehead atoms. The monoisotopic (exact) mass is 237 g/mol. The van der Waals surface area contributed by atoms with Crippen molar-refractivity contribution in [2.45, 2.75) is 6.43 Å². The van der Waals surface area contributed by atoms with Gasteiger partial charge in [0.15, 0.2) is 0 Å². The van der Waals surface area contributed by atoms with Gasteiger partial charge in [0, 0.05) is 24.3 Å². The van der Waals surface area contributed by atoms with E-state index in [1.54, 1.807) is 31.4 Å². The molecule has 0 unspecified atom stereocenters. The first-order chi connectivity index (χ1) is 8.09. The van der Waals surface area contributed by atoms with Gasteiger partial charge in [0.2, 0.25) is 0 Å².